The number of benzene rings is 3. The Morgan fingerprint density at radius 3 is 2.60 bits per heavy atom. The molecule has 1 aromatic heterocycles. The zero-order valence-electron chi connectivity index (χ0n) is 18.1. The number of para-hydroxylation sites is 1. The summed E-state index contributed by atoms with van der Waals surface area (Å²) in [5.74, 6) is -0.951. The lowest BCUT2D eigenvalue weighted by molar-refractivity contribution is 0.0984. The molecule has 2 heterocycles. The Bertz CT molecular complexity index is 1480. The van der Waals surface area contributed by atoms with Crippen LogP contribution in [0.3, 0.4) is 0 Å². The number of fused-ring (bicyclic) bond motifs is 2. The Morgan fingerprint density at radius 2 is 1.77 bits per heavy atom. The largest absolute Gasteiger partial charge is 0.338 e. The third-order valence-electron chi connectivity index (χ3n) is 5.55. The predicted octanol–water partition coefficient (Wildman–Crippen LogP) is 6.68. The number of nitrogens with zero attached hydrogens (tertiary/aromatic N) is 2. The normalized spacial score (nSPS) is 12.1. The first-order chi connectivity index (χ1) is 16.9. The predicted molar refractivity (Wildman–Crippen MR) is 135 cm³/mol. The Balaban J connectivity index is 1.44. The minimum absolute atomic E-state index is 0.0113. The van der Waals surface area contributed by atoms with E-state index in [-0.39, 0.29) is 27.1 Å². The summed E-state index contributed by atoms with van der Waals surface area (Å²) >= 11 is 12.5. The monoisotopic (exact) mass is 506 g/mol. The second-order valence-corrected chi connectivity index (χ2v) is 8.63. The summed E-state index contributed by atoms with van der Waals surface area (Å²) in [6, 6.07) is 19.3. The van der Waals surface area contributed by atoms with E-state index in [1.165, 1.54) is 24.3 Å². The molecule has 2 N–H and O–H groups in total. The summed E-state index contributed by atoms with van der Waals surface area (Å²) in [5.41, 5.74) is 2.98. The van der Waals surface area contributed by atoms with Gasteiger partial charge in [0.1, 0.15) is 5.82 Å². The third-order valence-corrected chi connectivity index (χ3v) is 6.19. The molecule has 1 aliphatic heterocycles. The van der Waals surface area contributed by atoms with Crippen molar-refractivity contribution in [2.45, 2.75) is 6.54 Å². The maximum Gasteiger partial charge on any atom is 0.260 e. The van der Waals surface area contributed by atoms with Gasteiger partial charge in [0, 0.05) is 17.6 Å². The number of hydrogen-bond acceptors (Lipinski definition) is 4. The first-order valence-corrected chi connectivity index (χ1v) is 11.3. The van der Waals surface area contributed by atoms with E-state index >= 15 is 0 Å². The molecule has 3 aromatic carbocycles. The number of halogens is 3. The van der Waals surface area contributed by atoms with Crippen molar-refractivity contribution in [3.8, 4) is 0 Å². The third kappa shape index (κ3) is 4.56. The van der Waals surface area contributed by atoms with Crippen LogP contribution in [0, 0.1) is 5.82 Å². The van der Waals surface area contributed by atoms with E-state index < -0.39 is 11.7 Å². The fourth-order valence-electron chi connectivity index (χ4n) is 3.84. The van der Waals surface area contributed by atoms with E-state index in [0.29, 0.717) is 23.7 Å². The summed E-state index contributed by atoms with van der Waals surface area (Å²) in [5, 5.41) is 6.18. The minimum Gasteiger partial charge on any atom is -0.338 e. The molecule has 0 atom stereocenters. The summed E-state index contributed by atoms with van der Waals surface area (Å²) in [4.78, 5) is 32.2. The molecule has 0 spiro atoms. The topological polar surface area (TPSA) is 74.3 Å². The molecule has 1 aliphatic rings. The van der Waals surface area contributed by atoms with Crippen LogP contribution >= 0.6 is 23.2 Å². The van der Waals surface area contributed by atoms with Gasteiger partial charge in [-0.15, -0.1) is 0 Å². The number of aromatic nitrogens is 1. The number of nitrogens with one attached hydrogen (secondary N) is 2. The van der Waals surface area contributed by atoms with Crippen LogP contribution in [-0.4, -0.2) is 16.8 Å². The summed E-state index contributed by atoms with van der Waals surface area (Å²) < 4.78 is 13.5. The lowest BCUT2D eigenvalue weighted by Crippen LogP contribution is -2.30. The van der Waals surface area contributed by atoms with Crippen LogP contribution in [0.4, 0.5) is 27.3 Å². The second-order valence-electron chi connectivity index (χ2n) is 7.82. The Hall–Kier alpha value is -3.94. The first kappa shape index (κ1) is 22.8. The van der Waals surface area contributed by atoms with Gasteiger partial charge in [-0.25, -0.2) is 9.37 Å². The molecule has 0 fully saturated rings. The van der Waals surface area contributed by atoms with Crippen molar-refractivity contribution >= 4 is 57.9 Å². The van der Waals surface area contributed by atoms with Crippen LogP contribution in [0.1, 0.15) is 26.3 Å². The highest BCUT2D eigenvalue weighted by Crippen LogP contribution is 2.36. The Kier molecular flexibility index (Phi) is 6.11. The highest BCUT2D eigenvalue weighted by atomic mass is 35.5. The van der Waals surface area contributed by atoms with Crippen LogP contribution in [0.2, 0.25) is 10.0 Å². The molecule has 0 aliphatic carbocycles. The van der Waals surface area contributed by atoms with Gasteiger partial charge in [0.2, 0.25) is 0 Å². The second kappa shape index (κ2) is 9.37. The van der Waals surface area contributed by atoms with Crippen LogP contribution in [0.15, 0.2) is 79.0 Å². The number of pyridine rings is 1. The van der Waals surface area contributed by atoms with Gasteiger partial charge in [-0.2, -0.15) is 0 Å². The van der Waals surface area contributed by atoms with Gasteiger partial charge in [-0.05, 0) is 60.2 Å². The molecular weight excluding hydrogens is 490 g/mol. The number of anilines is 4. The van der Waals surface area contributed by atoms with Crippen molar-refractivity contribution in [3.63, 3.8) is 0 Å². The van der Waals surface area contributed by atoms with Crippen molar-refractivity contribution in [2.24, 2.45) is 0 Å². The summed E-state index contributed by atoms with van der Waals surface area (Å²) in [6.07, 6.45) is 1.65. The van der Waals surface area contributed by atoms with Crippen molar-refractivity contribution < 1.29 is 14.0 Å². The average Bonchev–Trinajstić information content (AvgIpc) is 3.02. The molecule has 6 nitrogen and oxygen atoms in total. The van der Waals surface area contributed by atoms with Gasteiger partial charge in [0.05, 0.1) is 33.4 Å². The molecule has 0 saturated heterocycles. The quantitative estimate of drug-likeness (QED) is 0.324. The highest BCUT2D eigenvalue weighted by Gasteiger charge is 2.27. The van der Waals surface area contributed by atoms with Crippen LogP contribution in [0.5, 0.6) is 0 Å². The van der Waals surface area contributed by atoms with Crippen molar-refractivity contribution in [1.29, 1.82) is 0 Å². The number of carbonyl (C=O) groups excluding carboxylic acids is 2. The van der Waals surface area contributed by atoms with Crippen LogP contribution in [-0.2, 0) is 6.54 Å². The van der Waals surface area contributed by atoms with Crippen molar-refractivity contribution in [3.05, 3.63) is 112 Å². The maximum absolute atomic E-state index is 13.6. The van der Waals surface area contributed by atoms with Gasteiger partial charge in [0.25, 0.3) is 11.8 Å². The van der Waals surface area contributed by atoms with Crippen molar-refractivity contribution in [2.75, 3.05) is 15.5 Å². The van der Waals surface area contributed by atoms with Crippen LogP contribution < -0.4 is 15.5 Å². The Morgan fingerprint density at radius 1 is 0.943 bits per heavy atom. The maximum atomic E-state index is 13.6. The molecule has 0 unspecified atom stereocenters. The van der Waals surface area contributed by atoms with E-state index in [1.807, 2.05) is 30.3 Å². The highest BCUT2D eigenvalue weighted by molar-refractivity contribution is 6.35. The summed E-state index contributed by atoms with van der Waals surface area (Å²) in [6.45, 7) is 0.313. The number of hydrogen-bond donors (Lipinski definition) is 2. The summed E-state index contributed by atoms with van der Waals surface area (Å²) in [7, 11) is 0. The lowest BCUT2D eigenvalue weighted by atomic mass is 10.1. The molecule has 2 amide bonds. The Labute approximate surface area is 210 Å². The van der Waals surface area contributed by atoms with Crippen molar-refractivity contribution in [1.82, 2.24) is 4.98 Å². The van der Waals surface area contributed by atoms with Gasteiger partial charge >= 0.3 is 0 Å². The minimum atomic E-state index is -0.597. The van der Waals surface area contributed by atoms with Gasteiger partial charge < -0.3 is 15.5 Å². The zero-order chi connectivity index (χ0) is 24.5. The molecule has 9 heteroatoms. The van der Waals surface area contributed by atoms with E-state index in [0.717, 1.165) is 17.3 Å². The number of rotatable bonds is 3. The van der Waals surface area contributed by atoms with Gasteiger partial charge in [-0.1, -0.05) is 41.4 Å². The van der Waals surface area contributed by atoms with Gasteiger partial charge in [-0.3, -0.25) is 9.59 Å². The van der Waals surface area contributed by atoms with E-state index in [9.17, 15) is 14.0 Å². The molecular formula is C26H17Cl2FN4O2. The molecule has 0 bridgehead atoms. The smallest absolute Gasteiger partial charge is 0.260 e. The molecule has 35 heavy (non-hydrogen) atoms. The fourth-order valence-corrected chi connectivity index (χ4v) is 4.30. The van der Waals surface area contributed by atoms with Gasteiger partial charge in [0.15, 0.2) is 5.82 Å². The standard InChI is InChI=1S/C26H17Cl2FN4O2/c27-20-10-7-16(29)12-19(20)25(34)31-17-8-9-18(21(28)13-17)26(35)33-14-15-4-1-2-5-22(15)32-24-23(33)6-3-11-30-24/h1-13H,14H2,(H,30,32)(H,31,34). The fraction of sp³-hybridized carbons (Fsp3) is 0.0385. The molecule has 174 valence electrons. The lowest BCUT2D eigenvalue weighted by Gasteiger charge is -2.23. The number of amides is 2. The molecule has 0 radical (unpaired) electrons. The SMILES string of the molecule is O=C(Nc1ccc(C(=O)N2Cc3ccccc3Nc3ncccc32)c(Cl)c1)c1cc(F)ccc1Cl. The first-order valence-electron chi connectivity index (χ1n) is 10.6. The molecule has 0 saturated carbocycles. The van der Waals surface area contributed by atoms with E-state index in [4.69, 9.17) is 23.2 Å². The van der Waals surface area contributed by atoms with Crippen LogP contribution in [0.25, 0.3) is 0 Å². The molecule has 5 rings (SSSR count). The molecule has 4 aromatic rings. The number of carbonyl (C=O) groups is 2. The average molecular weight is 507 g/mol. The van der Waals surface area contributed by atoms with E-state index in [2.05, 4.69) is 15.6 Å². The zero-order valence-corrected chi connectivity index (χ0v) is 19.6. The van der Waals surface area contributed by atoms with E-state index in [1.54, 1.807) is 23.2 Å².